The number of piperidine rings is 1. The Morgan fingerprint density at radius 1 is 1.08 bits per heavy atom. The Labute approximate surface area is 157 Å². The highest BCUT2D eigenvalue weighted by atomic mass is 35.5. The van der Waals surface area contributed by atoms with E-state index in [2.05, 4.69) is 9.88 Å². The third kappa shape index (κ3) is 3.40. The molecule has 0 radical (unpaired) electrons. The highest BCUT2D eigenvalue weighted by Gasteiger charge is 2.23. The molecule has 0 bridgehead atoms. The molecule has 4 nitrogen and oxygen atoms in total. The zero-order valence-electron chi connectivity index (χ0n) is 14.5. The topological polar surface area (TPSA) is 36.4 Å². The molecule has 0 aliphatic carbocycles. The summed E-state index contributed by atoms with van der Waals surface area (Å²) >= 11 is 6.46. The first-order chi connectivity index (χ1) is 12.6. The maximum absolute atomic E-state index is 13.4. The Bertz CT molecular complexity index is 836. The van der Waals surface area contributed by atoms with Gasteiger partial charge in [-0.05, 0) is 55.0 Å². The van der Waals surface area contributed by atoms with Crippen molar-refractivity contribution in [2.24, 2.45) is 0 Å². The van der Waals surface area contributed by atoms with E-state index in [1.54, 1.807) is 18.3 Å². The van der Waals surface area contributed by atoms with Crippen LogP contribution in [-0.2, 0) is 13.0 Å². The minimum Gasteiger partial charge on any atom is -0.351 e. The maximum atomic E-state index is 13.4. The molecule has 1 amide bonds. The van der Waals surface area contributed by atoms with Crippen LogP contribution in [0.25, 0.3) is 0 Å². The zero-order valence-corrected chi connectivity index (χ0v) is 15.3. The molecule has 2 aromatic rings. The first kappa shape index (κ1) is 17.3. The lowest BCUT2D eigenvalue weighted by atomic mass is 9.99. The van der Waals surface area contributed by atoms with Gasteiger partial charge in [-0.25, -0.2) is 9.37 Å². The number of hydrogen-bond donors (Lipinski definition) is 0. The minimum atomic E-state index is -0.200. The summed E-state index contributed by atoms with van der Waals surface area (Å²) < 4.78 is 13.4. The molecule has 136 valence electrons. The van der Waals surface area contributed by atoms with Crippen molar-refractivity contribution < 1.29 is 9.18 Å². The van der Waals surface area contributed by atoms with E-state index in [1.807, 2.05) is 11.0 Å². The number of rotatable bonds is 2. The molecular weight excluding hydrogens is 353 g/mol. The number of amides is 1. The predicted molar refractivity (Wildman–Crippen MR) is 100 cm³/mol. The summed E-state index contributed by atoms with van der Waals surface area (Å²) in [5.74, 6) is 0.482. The fourth-order valence-electron chi connectivity index (χ4n) is 3.76. The molecule has 0 atom stereocenters. The normalized spacial score (nSPS) is 17.2. The van der Waals surface area contributed by atoms with Crippen LogP contribution in [0.5, 0.6) is 0 Å². The van der Waals surface area contributed by atoms with E-state index in [0.717, 1.165) is 50.0 Å². The van der Waals surface area contributed by atoms with Crippen LogP contribution < -0.4 is 4.90 Å². The summed E-state index contributed by atoms with van der Waals surface area (Å²) in [6.07, 6.45) is 5.66. The zero-order chi connectivity index (χ0) is 18.1. The van der Waals surface area contributed by atoms with E-state index in [1.165, 1.54) is 12.5 Å². The third-order valence-corrected chi connectivity index (χ3v) is 5.47. The standard InChI is InChI=1S/C20H21ClFN3O/c21-18-11-16(20(26)24-7-2-1-3-8-24)12-23-19(18)25-9-6-14-10-17(22)5-4-15(14)13-25/h4-5,10-12H,1-3,6-9,13H2. The van der Waals surface area contributed by atoms with E-state index in [9.17, 15) is 9.18 Å². The number of anilines is 1. The largest absolute Gasteiger partial charge is 0.351 e. The minimum absolute atomic E-state index is 0.00474. The molecular formula is C20H21ClFN3O. The van der Waals surface area contributed by atoms with Crippen LogP contribution in [0, 0.1) is 5.82 Å². The van der Waals surface area contributed by atoms with Crippen LogP contribution >= 0.6 is 11.6 Å². The van der Waals surface area contributed by atoms with Crippen molar-refractivity contribution in [2.75, 3.05) is 24.5 Å². The van der Waals surface area contributed by atoms with Crippen LogP contribution in [0.2, 0.25) is 5.02 Å². The highest BCUT2D eigenvalue weighted by Crippen LogP contribution is 2.30. The first-order valence-electron chi connectivity index (χ1n) is 9.09. The van der Waals surface area contributed by atoms with Crippen LogP contribution in [0.4, 0.5) is 10.2 Å². The second kappa shape index (κ2) is 7.23. The smallest absolute Gasteiger partial charge is 0.255 e. The van der Waals surface area contributed by atoms with Gasteiger partial charge in [-0.1, -0.05) is 17.7 Å². The molecule has 1 aromatic heterocycles. The van der Waals surface area contributed by atoms with Gasteiger partial charge in [-0.15, -0.1) is 0 Å². The molecule has 3 heterocycles. The Kier molecular flexibility index (Phi) is 4.81. The van der Waals surface area contributed by atoms with Gasteiger partial charge in [0.2, 0.25) is 0 Å². The van der Waals surface area contributed by atoms with Crippen molar-refractivity contribution in [3.63, 3.8) is 0 Å². The van der Waals surface area contributed by atoms with Crippen molar-refractivity contribution in [2.45, 2.75) is 32.2 Å². The summed E-state index contributed by atoms with van der Waals surface area (Å²) in [4.78, 5) is 21.1. The number of aromatic nitrogens is 1. The lowest BCUT2D eigenvalue weighted by Gasteiger charge is -2.31. The van der Waals surface area contributed by atoms with Crippen LogP contribution in [0.15, 0.2) is 30.5 Å². The van der Waals surface area contributed by atoms with Gasteiger partial charge in [0, 0.05) is 32.4 Å². The molecule has 2 aliphatic heterocycles. The lowest BCUT2D eigenvalue weighted by molar-refractivity contribution is 0.0724. The second-order valence-electron chi connectivity index (χ2n) is 6.97. The molecule has 1 aromatic carbocycles. The Morgan fingerprint density at radius 2 is 1.88 bits per heavy atom. The predicted octanol–water partition coefficient (Wildman–Crippen LogP) is 4.06. The molecule has 1 fully saturated rings. The molecule has 2 aliphatic rings. The summed E-state index contributed by atoms with van der Waals surface area (Å²) in [5.41, 5.74) is 2.67. The number of carbonyl (C=O) groups is 1. The summed E-state index contributed by atoms with van der Waals surface area (Å²) in [6, 6.07) is 6.62. The van der Waals surface area contributed by atoms with E-state index in [0.29, 0.717) is 22.9 Å². The molecule has 4 rings (SSSR count). The van der Waals surface area contributed by atoms with Crippen molar-refractivity contribution in [3.05, 3.63) is 58.0 Å². The van der Waals surface area contributed by atoms with E-state index in [-0.39, 0.29) is 11.7 Å². The second-order valence-corrected chi connectivity index (χ2v) is 7.37. The van der Waals surface area contributed by atoms with Gasteiger partial charge >= 0.3 is 0 Å². The molecule has 6 heteroatoms. The molecule has 26 heavy (non-hydrogen) atoms. The van der Waals surface area contributed by atoms with E-state index in [4.69, 9.17) is 11.6 Å². The Morgan fingerprint density at radius 3 is 2.65 bits per heavy atom. The SMILES string of the molecule is O=C(c1cnc(N2CCc3cc(F)ccc3C2)c(Cl)c1)N1CCCCC1. The number of likely N-dealkylation sites (tertiary alicyclic amines) is 1. The average Bonchev–Trinajstić information content (AvgIpc) is 2.67. The summed E-state index contributed by atoms with van der Waals surface area (Å²) in [6.45, 7) is 2.97. The van der Waals surface area contributed by atoms with Gasteiger partial charge in [-0.2, -0.15) is 0 Å². The van der Waals surface area contributed by atoms with Gasteiger partial charge in [0.1, 0.15) is 11.6 Å². The van der Waals surface area contributed by atoms with Crippen molar-refractivity contribution >= 4 is 23.3 Å². The molecule has 1 saturated heterocycles. The van der Waals surface area contributed by atoms with Gasteiger partial charge < -0.3 is 9.80 Å². The number of nitrogens with zero attached hydrogens (tertiary/aromatic N) is 3. The summed E-state index contributed by atoms with van der Waals surface area (Å²) in [5, 5.41) is 0.485. The first-order valence-corrected chi connectivity index (χ1v) is 9.47. The van der Waals surface area contributed by atoms with Crippen molar-refractivity contribution in [3.8, 4) is 0 Å². The van der Waals surface area contributed by atoms with Crippen molar-refractivity contribution in [1.29, 1.82) is 0 Å². The number of pyridine rings is 1. The third-order valence-electron chi connectivity index (χ3n) is 5.19. The number of benzene rings is 1. The molecule has 0 saturated carbocycles. The quantitative estimate of drug-likeness (QED) is 0.796. The van der Waals surface area contributed by atoms with Crippen LogP contribution in [0.1, 0.15) is 40.7 Å². The fourth-order valence-corrected chi connectivity index (χ4v) is 4.05. The van der Waals surface area contributed by atoms with Crippen molar-refractivity contribution in [1.82, 2.24) is 9.88 Å². The number of fused-ring (bicyclic) bond motifs is 1. The van der Waals surface area contributed by atoms with Gasteiger partial charge in [-0.3, -0.25) is 4.79 Å². The molecule has 0 unspecified atom stereocenters. The Balaban J connectivity index is 1.53. The summed E-state index contributed by atoms with van der Waals surface area (Å²) in [7, 11) is 0. The van der Waals surface area contributed by atoms with Gasteiger partial charge in [0.15, 0.2) is 0 Å². The van der Waals surface area contributed by atoms with E-state index >= 15 is 0 Å². The van der Waals surface area contributed by atoms with Gasteiger partial charge in [0.05, 0.1) is 10.6 Å². The monoisotopic (exact) mass is 373 g/mol. The highest BCUT2D eigenvalue weighted by molar-refractivity contribution is 6.33. The van der Waals surface area contributed by atoms with Gasteiger partial charge in [0.25, 0.3) is 5.91 Å². The molecule has 0 N–H and O–H groups in total. The average molecular weight is 374 g/mol. The number of halogens is 2. The number of hydrogen-bond acceptors (Lipinski definition) is 3. The Hall–Kier alpha value is -2.14. The van der Waals surface area contributed by atoms with Crippen LogP contribution in [-0.4, -0.2) is 35.4 Å². The lowest BCUT2D eigenvalue weighted by Crippen LogP contribution is -2.36. The van der Waals surface area contributed by atoms with Crippen LogP contribution in [0.3, 0.4) is 0 Å². The van der Waals surface area contributed by atoms with E-state index < -0.39 is 0 Å². The number of carbonyl (C=O) groups excluding carboxylic acids is 1. The molecule has 0 spiro atoms. The fraction of sp³-hybridized carbons (Fsp3) is 0.400. The maximum Gasteiger partial charge on any atom is 0.255 e.